The Morgan fingerprint density at radius 2 is 1.81 bits per heavy atom. The van der Waals surface area contributed by atoms with Crippen molar-refractivity contribution >= 4 is 18.3 Å². The van der Waals surface area contributed by atoms with Gasteiger partial charge in [-0.05, 0) is 18.5 Å². The first kappa shape index (κ1) is 19.7. The largest absolute Gasteiger partial charge is 0.423 e. The number of carbonyl (C=O) groups is 1. The molecule has 0 aliphatic carbocycles. The Hall–Kier alpha value is -1.31. The van der Waals surface area contributed by atoms with E-state index >= 15 is 0 Å². The van der Waals surface area contributed by atoms with Gasteiger partial charge < -0.3 is 16.2 Å². The number of halogens is 4. The average Bonchev–Trinajstić information content (AvgIpc) is 2.42. The van der Waals surface area contributed by atoms with Gasteiger partial charge in [-0.15, -0.1) is 12.4 Å². The minimum Gasteiger partial charge on any atom is -0.375 e. The summed E-state index contributed by atoms with van der Waals surface area (Å²) in [5.74, 6) is -0.575. The Morgan fingerprint density at radius 1 is 1.24 bits per heavy atom. The van der Waals surface area contributed by atoms with Gasteiger partial charge in [0.15, 0.2) is 0 Å². The molecule has 4 nitrogen and oxygen atoms in total. The molecule has 0 heterocycles. The standard InChI is InChI=1S/C13H17F3N2O2.ClH/c14-13(15,16)12(20,10-5-2-1-3-6-10)9-18-11(19)7-4-8-17;/h1-3,5-6,20H,4,7-9,17H2,(H,18,19);1H. The monoisotopic (exact) mass is 326 g/mol. The maximum atomic E-state index is 13.1. The summed E-state index contributed by atoms with van der Waals surface area (Å²) in [5, 5.41) is 12.0. The molecule has 0 fully saturated rings. The third kappa shape index (κ3) is 5.18. The number of nitrogens with one attached hydrogen (secondary N) is 1. The van der Waals surface area contributed by atoms with E-state index in [1.165, 1.54) is 24.3 Å². The smallest absolute Gasteiger partial charge is 0.375 e. The van der Waals surface area contributed by atoms with Crippen molar-refractivity contribution in [3.05, 3.63) is 35.9 Å². The lowest BCUT2D eigenvalue weighted by Gasteiger charge is -2.31. The maximum absolute atomic E-state index is 13.1. The molecule has 0 aromatic heterocycles. The molecule has 21 heavy (non-hydrogen) atoms. The van der Waals surface area contributed by atoms with Crippen molar-refractivity contribution in [1.82, 2.24) is 5.32 Å². The minimum atomic E-state index is -4.89. The normalized spacial score (nSPS) is 14.0. The molecule has 1 amide bonds. The second kappa shape index (κ2) is 8.21. The molecule has 8 heteroatoms. The van der Waals surface area contributed by atoms with Crippen molar-refractivity contribution in [2.45, 2.75) is 24.6 Å². The molecule has 1 aromatic rings. The van der Waals surface area contributed by atoms with E-state index in [9.17, 15) is 23.1 Å². The van der Waals surface area contributed by atoms with Crippen molar-refractivity contribution < 1.29 is 23.1 Å². The van der Waals surface area contributed by atoms with Crippen LogP contribution in [0.25, 0.3) is 0 Å². The topological polar surface area (TPSA) is 75.4 Å². The first-order valence-corrected chi connectivity index (χ1v) is 6.12. The fourth-order valence-electron chi connectivity index (χ4n) is 1.66. The fraction of sp³-hybridized carbons (Fsp3) is 0.462. The van der Waals surface area contributed by atoms with E-state index in [2.05, 4.69) is 5.32 Å². The molecule has 0 saturated heterocycles. The van der Waals surface area contributed by atoms with Crippen LogP contribution in [0.3, 0.4) is 0 Å². The van der Waals surface area contributed by atoms with Crippen LogP contribution in [0, 0.1) is 0 Å². The predicted molar refractivity (Wildman–Crippen MR) is 74.9 cm³/mol. The molecule has 1 atom stereocenters. The van der Waals surface area contributed by atoms with E-state index in [4.69, 9.17) is 5.73 Å². The SMILES string of the molecule is Cl.NCCCC(=O)NCC(O)(c1ccccc1)C(F)(F)F. The van der Waals surface area contributed by atoms with Crippen LogP contribution in [-0.4, -0.2) is 30.3 Å². The molecular formula is C13H18ClF3N2O2. The van der Waals surface area contributed by atoms with Crippen molar-refractivity contribution in [2.75, 3.05) is 13.1 Å². The van der Waals surface area contributed by atoms with Crippen LogP contribution in [0.5, 0.6) is 0 Å². The lowest BCUT2D eigenvalue weighted by atomic mass is 9.93. The second-order valence-corrected chi connectivity index (χ2v) is 4.39. The number of hydrogen-bond acceptors (Lipinski definition) is 3. The molecule has 4 N–H and O–H groups in total. The van der Waals surface area contributed by atoms with E-state index in [0.29, 0.717) is 6.42 Å². The highest BCUT2D eigenvalue weighted by Crippen LogP contribution is 2.38. The summed E-state index contributed by atoms with van der Waals surface area (Å²) in [6.45, 7) is -0.653. The molecule has 0 radical (unpaired) electrons. The molecular weight excluding hydrogens is 309 g/mol. The van der Waals surface area contributed by atoms with Gasteiger partial charge in [-0.25, -0.2) is 0 Å². The van der Waals surface area contributed by atoms with Gasteiger partial charge >= 0.3 is 6.18 Å². The summed E-state index contributed by atoms with van der Waals surface area (Å²) in [6, 6.07) is 6.66. The third-order valence-corrected chi connectivity index (χ3v) is 2.87. The number of hydrogen-bond donors (Lipinski definition) is 3. The molecule has 0 bridgehead atoms. The van der Waals surface area contributed by atoms with E-state index in [-0.39, 0.29) is 30.9 Å². The highest BCUT2D eigenvalue weighted by molar-refractivity contribution is 5.85. The second-order valence-electron chi connectivity index (χ2n) is 4.39. The summed E-state index contributed by atoms with van der Waals surface area (Å²) < 4.78 is 39.2. The lowest BCUT2D eigenvalue weighted by molar-refractivity contribution is -0.264. The summed E-state index contributed by atoms with van der Waals surface area (Å²) in [7, 11) is 0. The van der Waals surface area contributed by atoms with Gasteiger partial charge in [0.05, 0.1) is 6.54 Å². The van der Waals surface area contributed by atoms with Gasteiger partial charge in [0.1, 0.15) is 0 Å². The molecule has 120 valence electrons. The van der Waals surface area contributed by atoms with Crippen LogP contribution < -0.4 is 11.1 Å². The van der Waals surface area contributed by atoms with Gasteiger partial charge in [-0.2, -0.15) is 13.2 Å². The van der Waals surface area contributed by atoms with E-state index < -0.39 is 24.2 Å². The molecule has 0 aliphatic rings. The first-order chi connectivity index (χ1) is 9.31. The van der Waals surface area contributed by atoms with E-state index in [0.717, 1.165) is 0 Å². The van der Waals surface area contributed by atoms with Crippen molar-refractivity contribution in [2.24, 2.45) is 5.73 Å². The number of nitrogens with two attached hydrogens (primary N) is 1. The highest BCUT2D eigenvalue weighted by atomic mass is 35.5. The zero-order valence-corrected chi connectivity index (χ0v) is 12.0. The Kier molecular flexibility index (Phi) is 7.70. The molecule has 0 saturated carbocycles. The lowest BCUT2D eigenvalue weighted by Crippen LogP contribution is -2.51. The Morgan fingerprint density at radius 3 is 2.29 bits per heavy atom. The fourth-order valence-corrected chi connectivity index (χ4v) is 1.66. The zero-order chi connectivity index (χ0) is 15.2. The molecule has 1 rings (SSSR count). The Labute approximate surface area is 126 Å². The van der Waals surface area contributed by atoms with Gasteiger partial charge in [-0.1, -0.05) is 30.3 Å². The minimum absolute atomic E-state index is 0. The van der Waals surface area contributed by atoms with Crippen LogP contribution in [0.2, 0.25) is 0 Å². The number of alkyl halides is 3. The average molecular weight is 327 g/mol. The van der Waals surface area contributed by atoms with Crippen LogP contribution in [0.4, 0.5) is 13.2 Å². The number of amides is 1. The molecule has 0 aliphatic heterocycles. The zero-order valence-electron chi connectivity index (χ0n) is 11.2. The van der Waals surface area contributed by atoms with Crippen molar-refractivity contribution in [1.29, 1.82) is 0 Å². The van der Waals surface area contributed by atoms with Crippen LogP contribution in [0.15, 0.2) is 30.3 Å². The van der Waals surface area contributed by atoms with Crippen LogP contribution >= 0.6 is 12.4 Å². The van der Waals surface area contributed by atoms with Crippen molar-refractivity contribution in [3.63, 3.8) is 0 Å². The summed E-state index contributed by atoms with van der Waals surface area (Å²) in [4.78, 5) is 11.4. The van der Waals surface area contributed by atoms with Crippen LogP contribution in [-0.2, 0) is 10.4 Å². The number of rotatable bonds is 6. The number of carbonyl (C=O) groups excluding carboxylic acids is 1. The quantitative estimate of drug-likeness (QED) is 0.745. The van der Waals surface area contributed by atoms with Crippen LogP contribution in [0.1, 0.15) is 18.4 Å². The van der Waals surface area contributed by atoms with Gasteiger partial charge in [-0.3, -0.25) is 4.79 Å². The third-order valence-electron chi connectivity index (χ3n) is 2.87. The Bertz CT molecular complexity index is 443. The summed E-state index contributed by atoms with van der Waals surface area (Å²) >= 11 is 0. The number of benzene rings is 1. The number of aliphatic hydroxyl groups is 1. The maximum Gasteiger partial charge on any atom is 0.423 e. The van der Waals surface area contributed by atoms with Gasteiger partial charge in [0.25, 0.3) is 0 Å². The summed E-state index contributed by atoms with van der Waals surface area (Å²) in [5.41, 5.74) is 1.79. The highest BCUT2D eigenvalue weighted by Gasteiger charge is 2.55. The summed E-state index contributed by atoms with van der Waals surface area (Å²) in [6.07, 6.45) is -4.49. The Balaban J connectivity index is 0.00000400. The van der Waals surface area contributed by atoms with Gasteiger partial charge in [0.2, 0.25) is 11.5 Å². The first-order valence-electron chi connectivity index (χ1n) is 6.12. The molecule has 1 aromatic carbocycles. The molecule has 1 unspecified atom stereocenters. The molecule has 0 spiro atoms. The van der Waals surface area contributed by atoms with Gasteiger partial charge in [0, 0.05) is 6.42 Å². The van der Waals surface area contributed by atoms with E-state index in [1.54, 1.807) is 6.07 Å². The predicted octanol–water partition coefficient (Wildman–Crippen LogP) is 1.71. The van der Waals surface area contributed by atoms with Crippen molar-refractivity contribution in [3.8, 4) is 0 Å². The van der Waals surface area contributed by atoms with E-state index in [1.807, 2.05) is 0 Å².